The summed E-state index contributed by atoms with van der Waals surface area (Å²) >= 11 is 5.92. The minimum absolute atomic E-state index is 0.0587. The predicted octanol–water partition coefficient (Wildman–Crippen LogP) is 5.11. The molecule has 4 nitrogen and oxygen atoms in total. The summed E-state index contributed by atoms with van der Waals surface area (Å²) in [5, 5.41) is 15.3. The first-order valence-corrected chi connectivity index (χ1v) is 9.19. The zero-order chi connectivity index (χ0) is 19.5. The number of fused-ring (bicyclic) bond motifs is 1. The Balaban J connectivity index is 1.77. The SMILES string of the molecule is O=C(NC(c1ccccc1)c1ccc2cccnc2c1O)c1ccc(Cl)cc1. The van der Waals surface area contributed by atoms with Crippen LogP contribution in [0, 0.1) is 0 Å². The van der Waals surface area contributed by atoms with Crippen LogP contribution in [0.15, 0.2) is 85.1 Å². The van der Waals surface area contributed by atoms with Gasteiger partial charge < -0.3 is 10.4 Å². The molecule has 3 aromatic carbocycles. The Kier molecular flexibility index (Phi) is 4.96. The Labute approximate surface area is 167 Å². The number of halogens is 1. The number of rotatable bonds is 4. The number of amides is 1. The van der Waals surface area contributed by atoms with E-state index in [9.17, 15) is 9.90 Å². The van der Waals surface area contributed by atoms with Gasteiger partial charge in [0.25, 0.3) is 5.91 Å². The van der Waals surface area contributed by atoms with Crippen molar-refractivity contribution in [1.82, 2.24) is 10.3 Å². The van der Waals surface area contributed by atoms with Gasteiger partial charge in [0, 0.05) is 27.7 Å². The van der Waals surface area contributed by atoms with Gasteiger partial charge in [-0.2, -0.15) is 0 Å². The number of aromatic nitrogens is 1. The molecule has 5 heteroatoms. The van der Waals surface area contributed by atoms with E-state index in [0.717, 1.165) is 10.9 Å². The summed E-state index contributed by atoms with van der Waals surface area (Å²) in [6.45, 7) is 0. The average molecular weight is 389 g/mol. The van der Waals surface area contributed by atoms with Crippen molar-refractivity contribution < 1.29 is 9.90 Å². The second-order valence-electron chi connectivity index (χ2n) is 6.40. The van der Waals surface area contributed by atoms with E-state index in [4.69, 9.17) is 11.6 Å². The lowest BCUT2D eigenvalue weighted by Crippen LogP contribution is -2.29. The number of phenols is 1. The van der Waals surface area contributed by atoms with E-state index in [1.54, 1.807) is 30.5 Å². The number of pyridine rings is 1. The van der Waals surface area contributed by atoms with E-state index in [2.05, 4.69) is 10.3 Å². The maximum absolute atomic E-state index is 12.8. The number of benzene rings is 3. The summed E-state index contributed by atoms with van der Waals surface area (Å²) in [7, 11) is 0. The van der Waals surface area contributed by atoms with Gasteiger partial charge in [-0.3, -0.25) is 9.78 Å². The van der Waals surface area contributed by atoms with Crippen molar-refractivity contribution in [3.05, 3.63) is 107 Å². The third-order valence-electron chi connectivity index (χ3n) is 4.60. The molecular weight excluding hydrogens is 372 g/mol. The molecule has 138 valence electrons. The smallest absolute Gasteiger partial charge is 0.252 e. The van der Waals surface area contributed by atoms with Crippen molar-refractivity contribution in [1.29, 1.82) is 0 Å². The molecule has 0 saturated heterocycles. The molecule has 0 aliphatic carbocycles. The van der Waals surface area contributed by atoms with Crippen LogP contribution < -0.4 is 5.32 Å². The van der Waals surface area contributed by atoms with Gasteiger partial charge in [0.2, 0.25) is 0 Å². The van der Waals surface area contributed by atoms with E-state index in [1.807, 2.05) is 54.6 Å². The van der Waals surface area contributed by atoms with Crippen LogP contribution >= 0.6 is 11.6 Å². The first-order valence-electron chi connectivity index (χ1n) is 8.81. The molecule has 0 fully saturated rings. The van der Waals surface area contributed by atoms with E-state index in [0.29, 0.717) is 21.7 Å². The Morgan fingerprint density at radius 2 is 1.68 bits per heavy atom. The van der Waals surface area contributed by atoms with Crippen LogP contribution in [-0.4, -0.2) is 16.0 Å². The van der Waals surface area contributed by atoms with E-state index in [-0.39, 0.29) is 11.7 Å². The Hall–Kier alpha value is -3.37. The lowest BCUT2D eigenvalue weighted by Gasteiger charge is -2.21. The summed E-state index contributed by atoms with van der Waals surface area (Å²) in [5.41, 5.74) is 2.43. The van der Waals surface area contributed by atoms with Crippen molar-refractivity contribution in [3.8, 4) is 5.75 Å². The Morgan fingerprint density at radius 1 is 0.929 bits per heavy atom. The second kappa shape index (κ2) is 7.71. The quantitative estimate of drug-likeness (QED) is 0.510. The molecule has 0 radical (unpaired) electrons. The zero-order valence-electron chi connectivity index (χ0n) is 14.8. The highest BCUT2D eigenvalue weighted by atomic mass is 35.5. The normalized spacial score (nSPS) is 11.9. The fourth-order valence-electron chi connectivity index (χ4n) is 3.18. The van der Waals surface area contributed by atoms with Gasteiger partial charge >= 0.3 is 0 Å². The minimum Gasteiger partial charge on any atom is -0.505 e. The van der Waals surface area contributed by atoms with Crippen LogP contribution in [-0.2, 0) is 0 Å². The Morgan fingerprint density at radius 3 is 2.43 bits per heavy atom. The number of nitrogens with one attached hydrogen (secondary N) is 1. The number of aromatic hydroxyl groups is 1. The topological polar surface area (TPSA) is 62.2 Å². The molecule has 0 bridgehead atoms. The van der Waals surface area contributed by atoms with Crippen molar-refractivity contribution in [3.63, 3.8) is 0 Å². The van der Waals surface area contributed by atoms with Crippen LogP contribution in [0.1, 0.15) is 27.5 Å². The largest absolute Gasteiger partial charge is 0.505 e. The first kappa shape index (κ1) is 18.0. The Bertz CT molecular complexity index is 1130. The van der Waals surface area contributed by atoms with Crippen molar-refractivity contribution in [2.75, 3.05) is 0 Å². The van der Waals surface area contributed by atoms with Gasteiger partial charge in [-0.1, -0.05) is 60.1 Å². The van der Waals surface area contributed by atoms with Crippen LogP contribution in [0.3, 0.4) is 0 Å². The summed E-state index contributed by atoms with van der Waals surface area (Å²) in [6, 6.07) is 23.1. The lowest BCUT2D eigenvalue weighted by atomic mass is 9.96. The predicted molar refractivity (Wildman–Crippen MR) is 111 cm³/mol. The van der Waals surface area contributed by atoms with Gasteiger partial charge in [0.1, 0.15) is 11.3 Å². The minimum atomic E-state index is -0.532. The summed E-state index contributed by atoms with van der Waals surface area (Å²) in [4.78, 5) is 17.1. The van der Waals surface area contributed by atoms with Crippen molar-refractivity contribution in [2.45, 2.75) is 6.04 Å². The third kappa shape index (κ3) is 3.55. The van der Waals surface area contributed by atoms with Gasteiger partial charge in [0.15, 0.2) is 0 Å². The summed E-state index contributed by atoms with van der Waals surface area (Å²) in [6.07, 6.45) is 1.63. The van der Waals surface area contributed by atoms with Crippen LogP contribution in [0.5, 0.6) is 5.75 Å². The van der Waals surface area contributed by atoms with Gasteiger partial charge in [-0.25, -0.2) is 0 Å². The highest BCUT2D eigenvalue weighted by molar-refractivity contribution is 6.30. The molecule has 28 heavy (non-hydrogen) atoms. The molecule has 1 aromatic heterocycles. The zero-order valence-corrected chi connectivity index (χ0v) is 15.6. The van der Waals surface area contributed by atoms with E-state index >= 15 is 0 Å². The highest BCUT2D eigenvalue weighted by Crippen LogP contribution is 2.34. The molecule has 1 unspecified atom stereocenters. The van der Waals surface area contributed by atoms with Crippen molar-refractivity contribution >= 4 is 28.4 Å². The number of hydrogen-bond acceptors (Lipinski definition) is 3. The fourth-order valence-corrected chi connectivity index (χ4v) is 3.31. The highest BCUT2D eigenvalue weighted by Gasteiger charge is 2.22. The molecule has 0 spiro atoms. The lowest BCUT2D eigenvalue weighted by molar-refractivity contribution is 0.0942. The molecule has 4 aromatic rings. The molecule has 1 heterocycles. The number of hydrogen-bond donors (Lipinski definition) is 2. The standard InChI is InChI=1S/C23H17ClN2O2/c24-18-11-8-17(9-12-18)23(28)26-20(15-5-2-1-3-6-15)19-13-10-16-7-4-14-25-21(16)22(19)27/h1-14,20,27H,(H,26,28). The molecule has 0 aliphatic rings. The molecule has 4 rings (SSSR count). The molecule has 0 aliphatic heterocycles. The van der Waals surface area contributed by atoms with Crippen molar-refractivity contribution in [2.24, 2.45) is 0 Å². The molecular formula is C23H17ClN2O2. The number of carbonyl (C=O) groups is 1. The molecule has 2 N–H and O–H groups in total. The number of nitrogens with zero attached hydrogens (tertiary/aromatic N) is 1. The maximum Gasteiger partial charge on any atom is 0.252 e. The van der Waals surface area contributed by atoms with Crippen LogP contribution in [0.2, 0.25) is 5.02 Å². The number of carbonyl (C=O) groups excluding carboxylic acids is 1. The first-order chi connectivity index (χ1) is 13.6. The monoisotopic (exact) mass is 388 g/mol. The van der Waals surface area contributed by atoms with Gasteiger partial charge in [-0.15, -0.1) is 0 Å². The van der Waals surface area contributed by atoms with Crippen LogP contribution in [0.25, 0.3) is 10.9 Å². The maximum atomic E-state index is 12.8. The molecule has 0 saturated carbocycles. The number of phenolic OH excluding ortho intramolecular Hbond substituents is 1. The second-order valence-corrected chi connectivity index (χ2v) is 6.84. The molecule has 1 amide bonds. The van der Waals surface area contributed by atoms with Gasteiger partial charge in [-0.05, 0) is 35.9 Å². The van der Waals surface area contributed by atoms with Crippen LogP contribution in [0.4, 0.5) is 0 Å². The third-order valence-corrected chi connectivity index (χ3v) is 4.86. The summed E-state index contributed by atoms with van der Waals surface area (Å²) < 4.78 is 0. The van der Waals surface area contributed by atoms with E-state index in [1.165, 1.54) is 0 Å². The fraction of sp³-hybridized carbons (Fsp3) is 0.0435. The van der Waals surface area contributed by atoms with Gasteiger partial charge in [0.05, 0.1) is 6.04 Å². The summed E-state index contributed by atoms with van der Waals surface area (Å²) in [5.74, 6) is -0.200. The van der Waals surface area contributed by atoms with E-state index < -0.39 is 6.04 Å². The average Bonchev–Trinajstić information content (AvgIpc) is 2.74. The molecule has 1 atom stereocenters.